The summed E-state index contributed by atoms with van der Waals surface area (Å²) in [5.41, 5.74) is 5.31. The summed E-state index contributed by atoms with van der Waals surface area (Å²) in [5, 5.41) is 1.16. The van der Waals surface area contributed by atoms with E-state index >= 15 is 0 Å². The Kier molecular flexibility index (Phi) is 12.7. The molecule has 2 aromatic carbocycles. The summed E-state index contributed by atoms with van der Waals surface area (Å²) in [7, 11) is 4.41. The third-order valence-electron chi connectivity index (χ3n) is 6.29. The number of hydrogen-bond acceptors (Lipinski definition) is 4. The van der Waals surface area contributed by atoms with Crippen LogP contribution in [0.25, 0.3) is 10.9 Å². The quantitative estimate of drug-likeness (QED) is 0.220. The zero-order valence-corrected chi connectivity index (χ0v) is 24.9. The second kappa shape index (κ2) is 14.9. The van der Waals surface area contributed by atoms with Crippen LogP contribution in [0.3, 0.4) is 0 Å². The fraction of sp³-hybridized carbons (Fsp3) is 0.423. The summed E-state index contributed by atoms with van der Waals surface area (Å²) >= 11 is 4.01. The van der Waals surface area contributed by atoms with Gasteiger partial charge in [-0.3, -0.25) is 14.1 Å². The van der Waals surface area contributed by atoms with E-state index in [-0.39, 0.29) is 6.04 Å². The van der Waals surface area contributed by atoms with Gasteiger partial charge < -0.3 is 14.6 Å². The van der Waals surface area contributed by atoms with Crippen molar-refractivity contribution in [1.29, 1.82) is 0 Å². The standard InChI is InChI=1S/C25H30N3O2.CH3F.HI.Os/c1-18-14-24(30-3)22(21-10-11-26-25(18)21)15-27(2)23(16-28-12-4-5-13-28)20-8-6-19(17-29)7-9-20;1-2;;/h6-11,14,17,23H,4-5,12-13,15-16H2,1-3H3;1H3;1H;/q-1;;;+1/p-1. The minimum absolute atomic E-state index is 0.229. The summed E-state index contributed by atoms with van der Waals surface area (Å²) in [4.78, 5) is 20.6. The molecular formula is C26H33FIN3O2Os-. The number of carbonyl (C=O) groups excluding carboxylic acids is 1. The van der Waals surface area contributed by atoms with E-state index in [0.29, 0.717) is 12.7 Å². The molecule has 5 nitrogen and oxygen atoms in total. The molecule has 4 rings (SSSR count). The van der Waals surface area contributed by atoms with Gasteiger partial charge in [0.25, 0.3) is 0 Å². The summed E-state index contributed by atoms with van der Waals surface area (Å²) in [6, 6.07) is 12.4. The molecule has 0 N–H and O–H groups in total. The zero-order valence-electron chi connectivity index (χ0n) is 20.2. The number of alkyl halides is 1. The van der Waals surface area contributed by atoms with E-state index in [2.05, 4.69) is 72.7 Å². The molecule has 1 aromatic heterocycles. The van der Waals surface area contributed by atoms with E-state index in [9.17, 15) is 9.18 Å². The van der Waals surface area contributed by atoms with Crippen molar-refractivity contribution in [3.8, 4) is 5.75 Å². The first-order chi connectivity index (χ1) is 16.6. The number of benzene rings is 2. The van der Waals surface area contributed by atoms with Crippen LogP contribution < -0.4 is 9.72 Å². The van der Waals surface area contributed by atoms with Gasteiger partial charge in [-0.25, -0.2) is 0 Å². The molecule has 187 valence electrons. The maximum absolute atomic E-state index is 11.1. The van der Waals surface area contributed by atoms with E-state index in [1.54, 1.807) is 7.11 Å². The fourth-order valence-corrected chi connectivity index (χ4v) is 4.59. The predicted octanol–water partition coefficient (Wildman–Crippen LogP) is 5.66. The molecule has 1 aliphatic rings. The van der Waals surface area contributed by atoms with E-state index in [1.807, 2.05) is 33.4 Å². The number of methoxy groups -OCH3 is 1. The fourth-order valence-electron chi connectivity index (χ4n) is 4.59. The number of carbonyl (C=O) groups is 1. The Bertz CT molecular complexity index is 1020. The summed E-state index contributed by atoms with van der Waals surface area (Å²) < 4.78 is 15.2. The monoisotopic (exact) mass is 757 g/mol. The molecule has 0 radical (unpaired) electrons. The molecule has 0 saturated carbocycles. The Morgan fingerprint density at radius 1 is 1.21 bits per heavy atom. The maximum atomic E-state index is 11.1. The molecule has 1 aliphatic heterocycles. The molecule has 34 heavy (non-hydrogen) atoms. The number of fused-ring (bicyclic) bond motifs is 1. The first-order valence-corrected chi connectivity index (χ1v) is 18.4. The van der Waals surface area contributed by atoms with Gasteiger partial charge in [-0.1, -0.05) is 35.9 Å². The minimum atomic E-state index is 0.229. The topological polar surface area (TPSA) is 46.9 Å². The van der Waals surface area contributed by atoms with Gasteiger partial charge in [0.05, 0.1) is 14.3 Å². The molecule has 0 amide bonds. The number of halogens is 2. The van der Waals surface area contributed by atoms with Gasteiger partial charge in [0.1, 0.15) is 12.0 Å². The molecular weight excluding hydrogens is 722 g/mol. The molecule has 1 fully saturated rings. The Balaban J connectivity index is 0.000000970. The van der Waals surface area contributed by atoms with Crippen LogP contribution in [0.2, 0.25) is 0 Å². The van der Waals surface area contributed by atoms with Gasteiger partial charge in [0, 0.05) is 30.3 Å². The third-order valence-corrected chi connectivity index (χ3v) is 6.29. The molecule has 1 saturated heterocycles. The predicted molar refractivity (Wildman–Crippen MR) is 141 cm³/mol. The van der Waals surface area contributed by atoms with Crippen molar-refractivity contribution in [2.75, 3.05) is 41.0 Å². The second-order valence-corrected chi connectivity index (χ2v) is 8.30. The van der Waals surface area contributed by atoms with Crippen molar-refractivity contribution >= 4 is 36.9 Å². The van der Waals surface area contributed by atoms with Crippen LogP contribution in [0, 0.1) is 6.92 Å². The van der Waals surface area contributed by atoms with Crippen LogP contribution in [0.15, 0.2) is 42.6 Å². The second-order valence-electron chi connectivity index (χ2n) is 8.30. The SMILES string of the molecule is CF.COc1cc(C)c2[n-]ccc2c1CN(C)C(CN1CCCC1)c1ccc(C=O)cc1.[I][Os]. The van der Waals surface area contributed by atoms with Crippen LogP contribution in [0.5, 0.6) is 5.75 Å². The van der Waals surface area contributed by atoms with Crippen molar-refractivity contribution in [2.45, 2.75) is 32.4 Å². The Morgan fingerprint density at radius 2 is 1.85 bits per heavy atom. The van der Waals surface area contributed by atoms with E-state index in [1.165, 1.54) is 24.0 Å². The van der Waals surface area contributed by atoms with Gasteiger partial charge in [0.15, 0.2) is 0 Å². The van der Waals surface area contributed by atoms with Gasteiger partial charge in [-0.05, 0) is 56.9 Å². The number of aromatic nitrogens is 1. The number of hydrogen-bond donors (Lipinski definition) is 0. The number of likely N-dealkylation sites (N-methyl/N-ethyl adjacent to an activating group) is 1. The Labute approximate surface area is 223 Å². The van der Waals surface area contributed by atoms with Gasteiger partial charge in [-0.2, -0.15) is 6.20 Å². The number of ether oxygens (including phenoxy) is 1. The van der Waals surface area contributed by atoms with E-state index in [0.717, 1.165) is 54.7 Å². The number of aldehydes is 1. The van der Waals surface area contributed by atoms with Gasteiger partial charge >= 0.3 is 34.7 Å². The summed E-state index contributed by atoms with van der Waals surface area (Å²) in [6.07, 6.45) is 5.32. The van der Waals surface area contributed by atoms with Crippen LogP contribution in [0.1, 0.15) is 45.9 Å². The van der Waals surface area contributed by atoms with Crippen molar-refractivity contribution in [2.24, 2.45) is 0 Å². The van der Waals surface area contributed by atoms with Crippen LogP contribution in [-0.4, -0.2) is 57.1 Å². The number of likely N-dealkylation sites (tertiary alicyclic amines) is 1. The molecule has 1 atom stereocenters. The molecule has 0 spiro atoms. The van der Waals surface area contributed by atoms with Crippen LogP contribution in [0.4, 0.5) is 4.39 Å². The Morgan fingerprint density at radius 3 is 2.44 bits per heavy atom. The van der Waals surface area contributed by atoms with Crippen molar-refractivity contribution in [1.82, 2.24) is 14.8 Å². The van der Waals surface area contributed by atoms with E-state index in [4.69, 9.17) is 4.74 Å². The van der Waals surface area contributed by atoms with Crippen LogP contribution >= 0.6 is 19.7 Å². The van der Waals surface area contributed by atoms with Gasteiger partial charge in [0.2, 0.25) is 0 Å². The first kappa shape index (κ1) is 28.9. The summed E-state index contributed by atoms with van der Waals surface area (Å²) in [5.74, 6) is 0.913. The molecule has 2 heterocycles. The van der Waals surface area contributed by atoms with Crippen LogP contribution in [-0.2, 0) is 21.6 Å². The zero-order chi connectivity index (χ0) is 25.1. The number of rotatable bonds is 8. The molecule has 8 heteroatoms. The molecule has 0 bridgehead atoms. The van der Waals surface area contributed by atoms with E-state index < -0.39 is 0 Å². The molecule has 1 unspecified atom stereocenters. The summed E-state index contributed by atoms with van der Waals surface area (Å²) in [6.45, 7) is 6.13. The van der Waals surface area contributed by atoms with Gasteiger partial charge in [-0.15, -0.1) is 5.52 Å². The molecule has 0 aliphatic carbocycles. The third kappa shape index (κ3) is 7.10. The Hall–Kier alpha value is -1.33. The van der Waals surface area contributed by atoms with Crippen molar-refractivity contribution < 1.29 is 29.0 Å². The molecule has 3 aromatic rings. The average molecular weight is 756 g/mol. The number of aryl methyl sites for hydroxylation is 1. The normalized spacial score (nSPS) is 14.2. The number of nitrogens with zero attached hydrogens (tertiary/aromatic N) is 3. The van der Waals surface area contributed by atoms with Crippen molar-refractivity contribution in [3.05, 3.63) is 64.8 Å². The van der Waals surface area contributed by atoms with Crippen molar-refractivity contribution in [3.63, 3.8) is 0 Å². The average Bonchev–Trinajstić information content (AvgIpc) is 3.59. The first-order valence-electron chi connectivity index (χ1n) is 11.2.